The molecule has 4 nitrogen and oxygen atoms in total. The minimum atomic E-state index is -0.454. The summed E-state index contributed by atoms with van der Waals surface area (Å²) in [4.78, 5) is 15.9. The van der Waals surface area contributed by atoms with Gasteiger partial charge in [0.15, 0.2) is 0 Å². The topological polar surface area (TPSA) is 68.0 Å². The number of carbonyl (C=O) groups excluding carboxylic acids is 1. The molecular weight excluding hydrogens is 233 g/mol. The lowest BCUT2D eigenvalue weighted by Crippen LogP contribution is -2.14. The van der Waals surface area contributed by atoms with E-state index in [2.05, 4.69) is 10.3 Å². The molecule has 0 radical (unpaired) electrons. The predicted octanol–water partition coefficient (Wildman–Crippen LogP) is 2.36. The molecule has 0 unspecified atom stereocenters. The molecule has 1 aromatic heterocycles. The Labute approximate surface area is 104 Å². The molecule has 0 saturated carbocycles. The van der Waals surface area contributed by atoms with Gasteiger partial charge in [0.05, 0.1) is 11.9 Å². The maximum absolute atomic E-state index is 13.0. The number of hydrogen-bond acceptors (Lipinski definition) is 3. The highest BCUT2D eigenvalue weighted by molar-refractivity contribution is 6.04. The lowest BCUT2D eigenvalue weighted by molar-refractivity contribution is 0.102. The van der Waals surface area contributed by atoms with E-state index in [1.807, 2.05) is 0 Å². The summed E-state index contributed by atoms with van der Waals surface area (Å²) in [6.07, 6.45) is 1.45. The van der Waals surface area contributed by atoms with Crippen molar-refractivity contribution in [1.29, 1.82) is 0 Å². The fourth-order valence-electron chi connectivity index (χ4n) is 1.54. The molecule has 2 aromatic rings. The van der Waals surface area contributed by atoms with Crippen LogP contribution in [0.1, 0.15) is 15.9 Å². The van der Waals surface area contributed by atoms with E-state index < -0.39 is 11.7 Å². The Kier molecular flexibility index (Phi) is 3.23. The predicted molar refractivity (Wildman–Crippen MR) is 67.7 cm³/mol. The first-order valence-corrected chi connectivity index (χ1v) is 5.35. The zero-order valence-electron chi connectivity index (χ0n) is 9.77. The number of rotatable bonds is 2. The van der Waals surface area contributed by atoms with Crippen molar-refractivity contribution in [3.8, 4) is 0 Å². The van der Waals surface area contributed by atoms with Gasteiger partial charge in [0.25, 0.3) is 5.91 Å². The highest BCUT2D eigenvalue weighted by Crippen LogP contribution is 2.15. The number of aryl methyl sites for hydroxylation is 1. The van der Waals surface area contributed by atoms with E-state index in [0.29, 0.717) is 11.5 Å². The quantitative estimate of drug-likeness (QED) is 0.853. The molecular formula is C13H12FN3O. The van der Waals surface area contributed by atoms with Crippen molar-refractivity contribution in [2.45, 2.75) is 6.92 Å². The van der Waals surface area contributed by atoms with Crippen molar-refractivity contribution in [3.63, 3.8) is 0 Å². The molecule has 0 saturated heterocycles. The Morgan fingerprint density at radius 2 is 2.17 bits per heavy atom. The van der Waals surface area contributed by atoms with Crippen molar-refractivity contribution < 1.29 is 9.18 Å². The van der Waals surface area contributed by atoms with Crippen molar-refractivity contribution in [2.75, 3.05) is 11.1 Å². The second-order valence-electron chi connectivity index (χ2n) is 3.90. The van der Waals surface area contributed by atoms with E-state index >= 15 is 0 Å². The number of benzene rings is 1. The maximum Gasteiger partial charge on any atom is 0.256 e. The Morgan fingerprint density at radius 1 is 1.39 bits per heavy atom. The monoisotopic (exact) mass is 245 g/mol. The number of nitrogen functional groups attached to an aromatic ring is 1. The molecule has 1 aromatic carbocycles. The number of halogens is 1. The molecule has 3 N–H and O–H groups in total. The van der Waals surface area contributed by atoms with Gasteiger partial charge in [-0.1, -0.05) is 6.07 Å². The van der Waals surface area contributed by atoms with E-state index in [1.54, 1.807) is 13.0 Å². The van der Waals surface area contributed by atoms with Gasteiger partial charge in [-0.15, -0.1) is 0 Å². The number of carbonyl (C=O) groups is 1. The molecule has 92 valence electrons. The normalized spacial score (nSPS) is 10.1. The van der Waals surface area contributed by atoms with Crippen LogP contribution in [0.3, 0.4) is 0 Å². The fraction of sp³-hybridized carbons (Fsp3) is 0.0769. The van der Waals surface area contributed by atoms with Gasteiger partial charge in [0.1, 0.15) is 11.6 Å². The van der Waals surface area contributed by atoms with Crippen LogP contribution in [0.4, 0.5) is 15.9 Å². The number of nitrogens with two attached hydrogens (primary N) is 1. The number of pyridine rings is 1. The van der Waals surface area contributed by atoms with E-state index in [9.17, 15) is 9.18 Å². The lowest BCUT2D eigenvalue weighted by atomic mass is 10.2. The van der Waals surface area contributed by atoms with Crippen molar-refractivity contribution in [1.82, 2.24) is 4.98 Å². The number of aromatic nitrogens is 1. The number of nitrogens with one attached hydrogen (secondary N) is 1. The highest BCUT2D eigenvalue weighted by Gasteiger charge is 2.09. The average molecular weight is 245 g/mol. The summed E-state index contributed by atoms with van der Waals surface area (Å²) in [5.41, 5.74) is 7.08. The molecule has 0 spiro atoms. The SMILES string of the molecule is Cc1cc(N)cnc1NC(=O)c1cccc(F)c1. The molecule has 5 heteroatoms. The second-order valence-corrected chi connectivity index (χ2v) is 3.90. The van der Waals surface area contributed by atoms with E-state index in [0.717, 1.165) is 5.56 Å². The molecule has 0 atom stereocenters. The molecule has 0 aliphatic rings. The Hall–Kier alpha value is -2.43. The van der Waals surface area contributed by atoms with Gasteiger partial charge in [-0.25, -0.2) is 9.37 Å². The zero-order valence-corrected chi connectivity index (χ0v) is 9.77. The third-order valence-electron chi connectivity index (χ3n) is 2.42. The summed E-state index contributed by atoms with van der Waals surface area (Å²) >= 11 is 0. The largest absolute Gasteiger partial charge is 0.397 e. The zero-order chi connectivity index (χ0) is 13.1. The number of hydrogen-bond donors (Lipinski definition) is 2. The highest BCUT2D eigenvalue weighted by atomic mass is 19.1. The minimum absolute atomic E-state index is 0.244. The molecule has 0 aliphatic heterocycles. The van der Waals surface area contributed by atoms with E-state index in [1.165, 1.54) is 30.5 Å². The third-order valence-corrected chi connectivity index (χ3v) is 2.42. The molecule has 1 amide bonds. The number of nitrogens with zero attached hydrogens (tertiary/aromatic N) is 1. The van der Waals surface area contributed by atoms with Crippen LogP contribution in [0.2, 0.25) is 0 Å². The summed E-state index contributed by atoms with van der Waals surface area (Å²) in [6, 6.07) is 7.16. The van der Waals surface area contributed by atoms with E-state index in [4.69, 9.17) is 5.73 Å². The fourth-order valence-corrected chi connectivity index (χ4v) is 1.54. The third kappa shape index (κ3) is 2.63. The van der Waals surface area contributed by atoms with Gasteiger partial charge in [0.2, 0.25) is 0 Å². The summed E-state index contributed by atoms with van der Waals surface area (Å²) in [7, 11) is 0. The first-order chi connectivity index (χ1) is 8.56. The maximum atomic E-state index is 13.0. The summed E-state index contributed by atoms with van der Waals surface area (Å²) in [5, 5.41) is 2.61. The standard InChI is InChI=1S/C13H12FN3O/c1-8-5-11(15)7-16-12(8)17-13(18)9-3-2-4-10(14)6-9/h2-7H,15H2,1H3,(H,16,17,18). The van der Waals surface area contributed by atoms with Gasteiger partial charge in [-0.05, 0) is 36.8 Å². The van der Waals surface area contributed by atoms with Gasteiger partial charge >= 0.3 is 0 Å². The molecule has 2 rings (SSSR count). The van der Waals surface area contributed by atoms with Gasteiger partial charge in [0, 0.05) is 5.56 Å². The summed E-state index contributed by atoms with van der Waals surface area (Å²) in [5.74, 6) is -0.446. The molecule has 1 heterocycles. The van der Waals surface area contributed by atoms with Crippen LogP contribution in [0.5, 0.6) is 0 Å². The molecule has 0 bridgehead atoms. The molecule has 0 aliphatic carbocycles. The van der Waals surface area contributed by atoms with Crippen molar-refractivity contribution in [3.05, 3.63) is 53.5 Å². The van der Waals surface area contributed by atoms with Gasteiger partial charge in [-0.3, -0.25) is 4.79 Å². The van der Waals surface area contributed by atoms with Gasteiger partial charge < -0.3 is 11.1 Å². The van der Waals surface area contributed by atoms with Crippen LogP contribution < -0.4 is 11.1 Å². The van der Waals surface area contributed by atoms with Crippen LogP contribution >= 0.6 is 0 Å². The number of amides is 1. The first kappa shape index (κ1) is 12.0. The Bertz CT molecular complexity index is 599. The first-order valence-electron chi connectivity index (χ1n) is 5.35. The van der Waals surface area contributed by atoms with Crippen LogP contribution in [0.15, 0.2) is 36.5 Å². The Morgan fingerprint density at radius 3 is 2.83 bits per heavy atom. The summed E-state index contributed by atoms with van der Waals surface area (Å²) < 4.78 is 13.0. The second kappa shape index (κ2) is 4.83. The van der Waals surface area contributed by atoms with Crippen LogP contribution in [-0.2, 0) is 0 Å². The minimum Gasteiger partial charge on any atom is -0.397 e. The van der Waals surface area contributed by atoms with E-state index in [-0.39, 0.29) is 5.56 Å². The Balaban J connectivity index is 2.21. The van der Waals surface area contributed by atoms with Crippen LogP contribution in [0.25, 0.3) is 0 Å². The van der Waals surface area contributed by atoms with Crippen molar-refractivity contribution in [2.24, 2.45) is 0 Å². The molecule has 0 fully saturated rings. The lowest BCUT2D eigenvalue weighted by Gasteiger charge is -2.07. The van der Waals surface area contributed by atoms with Gasteiger partial charge in [-0.2, -0.15) is 0 Å². The number of anilines is 2. The summed E-state index contributed by atoms with van der Waals surface area (Å²) in [6.45, 7) is 1.78. The van der Waals surface area contributed by atoms with Crippen LogP contribution in [0, 0.1) is 12.7 Å². The average Bonchev–Trinajstić information content (AvgIpc) is 2.32. The smallest absolute Gasteiger partial charge is 0.256 e. The molecule has 18 heavy (non-hydrogen) atoms. The van der Waals surface area contributed by atoms with Crippen LogP contribution in [-0.4, -0.2) is 10.9 Å². The van der Waals surface area contributed by atoms with Crippen molar-refractivity contribution >= 4 is 17.4 Å².